The van der Waals surface area contributed by atoms with Gasteiger partial charge in [-0.3, -0.25) is 0 Å². The number of aromatic nitrogens is 4. The van der Waals surface area contributed by atoms with Crippen molar-refractivity contribution in [3.05, 3.63) is 218 Å². The molecule has 326 valence electrons. The van der Waals surface area contributed by atoms with E-state index < -0.39 is 0 Å². The molecule has 0 bridgehead atoms. The van der Waals surface area contributed by atoms with Gasteiger partial charge in [-0.25, -0.2) is 15.0 Å². The lowest BCUT2D eigenvalue weighted by Gasteiger charge is -2.10. The van der Waals surface area contributed by atoms with Crippen molar-refractivity contribution in [1.82, 2.24) is 19.5 Å². The topological polar surface area (TPSA) is 56.7 Å². The predicted molar refractivity (Wildman–Crippen MR) is 294 cm³/mol. The summed E-state index contributed by atoms with van der Waals surface area (Å²) < 4.78 is 14.1. The molecule has 15 aromatic rings. The minimum atomic E-state index is 0.585. The number of hydrogen-bond donors (Lipinski definition) is 0. The lowest BCUT2D eigenvalue weighted by molar-refractivity contribution is 0.669. The van der Waals surface area contributed by atoms with Gasteiger partial charge in [0.2, 0.25) is 0 Å². The van der Waals surface area contributed by atoms with Crippen LogP contribution in [0.3, 0.4) is 0 Å². The molecule has 0 N–H and O–H groups in total. The van der Waals surface area contributed by atoms with E-state index in [9.17, 15) is 0 Å². The van der Waals surface area contributed by atoms with Crippen LogP contribution in [0.2, 0.25) is 0 Å². The Morgan fingerprint density at radius 3 is 1.69 bits per heavy atom. The number of thiophene rings is 2. The quantitative estimate of drug-likeness (QED) is 0.167. The van der Waals surface area contributed by atoms with Gasteiger partial charge < -0.3 is 8.98 Å². The van der Waals surface area contributed by atoms with Gasteiger partial charge >= 0.3 is 0 Å². The first kappa shape index (κ1) is 39.3. The van der Waals surface area contributed by atoms with Gasteiger partial charge in [-0.1, -0.05) is 152 Å². The van der Waals surface area contributed by atoms with Gasteiger partial charge in [-0.15, -0.1) is 22.7 Å². The van der Waals surface area contributed by atoms with E-state index in [-0.39, 0.29) is 0 Å². The van der Waals surface area contributed by atoms with Crippen molar-refractivity contribution in [1.29, 1.82) is 0 Å². The molecule has 0 saturated carbocycles. The second-order valence-electron chi connectivity index (χ2n) is 17.9. The summed E-state index contributed by atoms with van der Waals surface area (Å²) >= 11 is 3.66. The molecule has 0 aliphatic heterocycles. The SMILES string of the molecule is c1ccc(-c2nc(-c3ccc4c(c3)oc3cc(-c5cccc6sc7ccccc7c56)ccc34)nc(-c3cccc4sc5c(-c6ccc7c8ccccc8n(-c8ccccc8)c7c6)cccc5c34)n2)cc1. The van der Waals surface area contributed by atoms with Gasteiger partial charge in [0.25, 0.3) is 0 Å². The maximum atomic E-state index is 6.73. The van der Waals surface area contributed by atoms with Crippen molar-refractivity contribution in [3.63, 3.8) is 0 Å². The molecular weight excluding hydrogens is 893 g/mol. The van der Waals surface area contributed by atoms with Gasteiger partial charge in [0.15, 0.2) is 17.5 Å². The number of hydrogen-bond acceptors (Lipinski definition) is 6. The lowest BCUT2D eigenvalue weighted by Crippen LogP contribution is -2.00. The van der Waals surface area contributed by atoms with E-state index in [2.05, 4.69) is 205 Å². The van der Waals surface area contributed by atoms with E-state index in [1.807, 2.05) is 40.9 Å². The zero-order valence-corrected chi connectivity index (χ0v) is 38.9. The number of benzene rings is 10. The second-order valence-corrected chi connectivity index (χ2v) is 20.0. The average molecular weight is 929 g/mol. The fraction of sp³-hybridized carbons (Fsp3) is 0. The van der Waals surface area contributed by atoms with Crippen molar-refractivity contribution in [2.75, 3.05) is 0 Å². The number of rotatable bonds is 6. The van der Waals surface area contributed by atoms with E-state index >= 15 is 0 Å². The third-order valence-corrected chi connectivity index (χ3v) is 16.2. The van der Waals surface area contributed by atoms with E-state index in [1.54, 1.807) is 0 Å². The van der Waals surface area contributed by atoms with Crippen LogP contribution in [0.4, 0.5) is 0 Å². The molecule has 15 rings (SSSR count). The minimum Gasteiger partial charge on any atom is -0.456 e. The highest BCUT2D eigenvalue weighted by molar-refractivity contribution is 7.26. The molecule has 0 fully saturated rings. The Balaban J connectivity index is 0.868. The van der Waals surface area contributed by atoms with E-state index in [0.717, 1.165) is 55.3 Å². The summed E-state index contributed by atoms with van der Waals surface area (Å²) in [5.74, 6) is 1.82. The van der Waals surface area contributed by atoms with Crippen LogP contribution in [0, 0.1) is 0 Å². The Labute approximate surface area is 408 Å². The third kappa shape index (κ3) is 6.05. The molecule has 5 aromatic heterocycles. The van der Waals surface area contributed by atoms with Crippen molar-refractivity contribution in [2.24, 2.45) is 0 Å². The zero-order valence-electron chi connectivity index (χ0n) is 37.3. The average Bonchev–Trinajstić information content (AvgIpc) is 4.19. The molecule has 0 radical (unpaired) electrons. The first-order chi connectivity index (χ1) is 34.7. The molecule has 0 aliphatic rings. The molecule has 0 saturated heterocycles. The van der Waals surface area contributed by atoms with Crippen LogP contribution in [0.5, 0.6) is 0 Å². The molecule has 7 heteroatoms. The van der Waals surface area contributed by atoms with Crippen LogP contribution >= 0.6 is 22.7 Å². The van der Waals surface area contributed by atoms with Crippen LogP contribution in [-0.2, 0) is 0 Å². The highest BCUT2D eigenvalue weighted by Gasteiger charge is 2.21. The molecule has 0 unspecified atom stereocenters. The van der Waals surface area contributed by atoms with Gasteiger partial charge in [0, 0.05) is 84.3 Å². The first-order valence-corrected chi connectivity index (χ1v) is 25.0. The van der Waals surface area contributed by atoms with E-state index in [0.29, 0.717) is 17.5 Å². The molecular formula is C63H36N4OS2. The van der Waals surface area contributed by atoms with Crippen molar-refractivity contribution < 1.29 is 4.42 Å². The summed E-state index contributed by atoms with van der Waals surface area (Å²) in [7, 11) is 0. The maximum Gasteiger partial charge on any atom is 0.164 e. The Morgan fingerprint density at radius 1 is 0.329 bits per heavy atom. The van der Waals surface area contributed by atoms with Gasteiger partial charge in [-0.05, 0) is 89.0 Å². The van der Waals surface area contributed by atoms with E-state index in [1.165, 1.54) is 73.5 Å². The fourth-order valence-corrected chi connectivity index (χ4v) is 13.1. The normalized spacial score (nSPS) is 12.0. The highest BCUT2D eigenvalue weighted by atomic mass is 32.1. The van der Waals surface area contributed by atoms with Gasteiger partial charge in [0.1, 0.15) is 11.2 Å². The first-order valence-electron chi connectivity index (χ1n) is 23.4. The molecule has 5 nitrogen and oxygen atoms in total. The fourth-order valence-electron chi connectivity index (χ4n) is 10.7. The molecule has 70 heavy (non-hydrogen) atoms. The molecule has 5 heterocycles. The van der Waals surface area contributed by atoms with Crippen LogP contribution in [0.15, 0.2) is 223 Å². The number of furan rings is 1. The zero-order chi connectivity index (χ0) is 45.9. The Morgan fingerprint density at radius 2 is 0.871 bits per heavy atom. The van der Waals surface area contributed by atoms with Crippen LogP contribution in [0.1, 0.15) is 0 Å². The van der Waals surface area contributed by atoms with Crippen molar-refractivity contribution >= 4 is 107 Å². The number of fused-ring (bicyclic) bond motifs is 12. The summed E-state index contributed by atoms with van der Waals surface area (Å²) in [6.45, 7) is 0. The summed E-state index contributed by atoms with van der Waals surface area (Å²) in [4.78, 5) is 15.7. The third-order valence-electron chi connectivity index (χ3n) is 13.9. The van der Waals surface area contributed by atoms with Crippen LogP contribution < -0.4 is 0 Å². The molecule has 0 aliphatic carbocycles. The van der Waals surface area contributed by atoms with Crippen molar-refractivity contribution in [2.45, 2.75) is 0 Å². The molecule has 10 aromatic carbocycles. The summed E-state index contributed by atoms with van der Waals surface area (Å²) in [5.41, 5.74) is 12.6. The molecule has 0 amide bonds. The molecule has 0 atom stereocenters. The summed E-state index contributed by atoms with van der Waals surface area (Å²) in [5, 5.41) is 9.47. The number of nitrogens with zero attached hydrogens (tertiary/aromatic N) is 4. The van der Waals surface area contributed by atoms with Crippen molar-refractivity contribution in [3.8, 4) is 62.1 Å². The Bertz CT molecular complexity index is 4600. The highest BCUT2D eigenvalue weighted by Crippen LogP contribution is 2.46. The maximum absolute atomic E-state index is 6.73. The van der Waals surface area contributed by atoms with Gasteiger partial charge in [-0.2, -0.15) is 0 Å². The van der Waals surface area contributed by atoms with Gasteiger partial charge in [0.05, 0.1) is 11.0 Å². The number of para-hydroxylation sites is 2. The Hall–Kier alpha value is -8.75. The monoisotopic (exact) mass is 928 g/mol. The molecule has 0 spiro atoms. The lowest BCUT2D eigenvalue weighted by atomic mass is 9.98. The summed E-state index contributed by atoms with van der Waals surface area (Å²) in [6.07, 6.45) is 0. The Kier molecular flexibility index (Phi) is 8.63. The van der Waals surface area contributed by atoms with Crippen LogP contribution in [-0.4, -0.2) is 19.5 Å². The van der Waals surface area contributed by atoms with Crippen LogP contribution in [0.25, 0.3) is 146 Å². The standard InChI is InChI=1S/C63H36N4OS2/c1-3-14-37(15-4-1)61-64-62(40-30-33-47-46-32-29-39(35-53(46)68-54(47)36-40)42-20-12-26-56-58(42)48-19-8-10-25-55(48)69-56)66-63(65-61)50-23-13-27-57-59(50)49-22-11-21-43(60(49)70-57)38-28-31-45-44-18-7-9-24-51(44)67(52(45)34-38)41-16-5-2-6-17-41/h1-36H. The minimum absolute atomic E-state index is 0.585. The largest absolute Gasteiger partial charge is 0.456 e. The second kappa shape index (κ2) is 15.4. The predicted octanol–water partition coefficient (Wildman–Crippen LogP) is 17.9. The summed E-state index contributed by atoms with van der Waals surface area (Å²) in [6, 6.07) is 77.8. The van der Waals surface area contributed by atoms with E-state index in [4.69, 9.17) is 19.4 Å². The smallest absolute Gasteiger partial charge is 0.164 e.